The number of fused-ring (bicyclic) bond motifs is 1. The topological polar surface area (TPSA) is 258 Å². The van der Waals surface area contributed by atoms with Gasteiger partial charge in [-0.25, -0.2) is 13.4 Å². The number of hydrogen-bond donors (Lipinski definition) is 5. The lowest BCUT2D eigenvalue weighted by Gasteiger charge is -2.20. The number of carbonyl (C=O) groups is 1. The Labute approximate surface area is 340 Å². The molecular weight excluding hydrogens is 823 g/mol. The number of unbranched alkanes of at least 4 members (excludes halogenated alkanes) is 4. The maximum absolute atomic E-state index is 13.6. The van der Waals surface area contributed by atoms with Gasteiger partial charge in [0.15, 0.2) is 20.7 Å². The molecule has 2 aliphatic rings. The Morgan fingerprint density at radius 2 is 1.31 bits per heavy atom. The van der Waals surface area contributed by atoms with Gasteiger partial charge in [-0.2, -0.15) is 16.8 Å². The molecule has 0 unspecified atom stereocenters. The van der Waals surface area contributed by atoms with E-state index in [1.807, 2.05) is 19.2 Å². The van der Waals surface area contributed by atoms with E-state index in [-0.39, 0.29) is 34.4 Å². The Bertz CT molecular complexity index is 3040. The van der Waals surface area contributed by atoms with Crippen LogP contribution < -0.4 is 37.3 Å². The first-order chi connectivity index (χ1) is 27.8. The van der Waals surface area contributed by atoms with Crippen LogP contribution >= 0.6 is 0 Å². The SMILES string of the molecule is C=CS(=O)(=O)CCCC(=O)CCCCCCCN(C)c1ccc(NNc2ccc(N=c3cc(S(=O)(=O)O)c(=N)c4c(=O)c5ccccc5c(=O)c3=4)c(S(=O)(=O)O)c2)cc1. The van der Waals surface area contributed by atoms with Crippen LogP contribution in [0.25, 0.3) is 10.8 Å². The van der Waals surface area contributed by atoms with Crippen LogP contribution in [0.3, 0.4) is 0 Å². The van der Waals surface area contributed by atoms with Gasteiger partial charge in [-0.3, -0.25) is 28.9 Å². The summed E-state index contributed by atoms with van der Waals surface area (Å²) in [6, 6.07) is 17.3. The summed E-state index contributed by atoms with van der Waals surface area (Å²) in [6.45, 7) is 4.06. The monoisotopic (exact) mass is 865 g/mol. The number of nitrogens with one attached hydrogen (secondary N) is 3. The van der Waals surface area contributed by atoms with Crippen molar-refractivity contribution in [2.45, 2.75) is 61.2 Å². The molecule has 0 fully saturated rings. The van der Waals surface area contributed by atoms with Crippen LogP contribution in [0.4, 0.5) is 22.7 Å². The maximum atomic E-state index is 13.6. The average molecular weight is 866 g/mol. The van der Waals surface area contributed by atoms with Gasteiger partial charge >= 0.3 is 0 Å². The van der Waals surface area contributed by atoms with Crippen molar-refractivity contribution in [1.29, 1.82) is 5.41 Å². The number of nitrogens with zero attached hydrogens (tertiary/aromatic N) is 2. The van der Waals surface area contributed by atoms with E-state index in [1.165, 1.54) is 36.4 Å². The Morgan fingerprint density at radius 1 is 0.746 bits per heavy atom. The molecule has 0 aliphatic heterocycles. The van der Waals surface area contributed by atoms with Crippen molar-refractivity contribution in [1.82, 2.24) is 0 Å². The summed E-state index contributed by atoms with van der Waals surface area (Å²) in [5.74, 6) is 0.0136. The Kier molecular flexibility index (Phi) is 14.0. The van der Waals surface area contributed by atoms with E-state index < -0.39 is 77.6 Å². The highest BCUT2D eigenvalue weighted by molar-refractivity contribution is 7.94. The minimum Gasteiger partial charge on any atom is -0.375 e. The smallest absolute Gasteiger partial charge is 0.296 e. The van der Waals surface area contributed by atoms with Crippen molar-refractivity contribution in [2.75, 3.05) is 35.1 Å². The quantitative estimate of drug-likeness (QED) is 0.0411. The van der Waals surface area contributed by atoms with E-state index in [1.54, 1.807) is 12.1 Å². The molecule has 0 amide bonds. The summed E-state index contributed by atoms with van der Waals surface area (Å²) in [6.07, 6.45) is 5.59. The third-order valence-electron chi connectivity index (χ3n) is 9.64. The fourth-order valence-electron chi connectivity index (χ4n) is 6.52. The van der Waals surface area contributed by atoms with Crippen LogP contribution in [0.15, 0.2) is 109 Å². The molecular formula is C40H43N5O11S3. The number of carbonyl (C=O) groups excluding carboxylic acids is 1. The van der Waals surface area contributed by atoms with Gasteiger partial charge < -0.3 is 15.8 Å². The molecule has 5 N–H and O–H groups in total. The second kappa shape index (κ2) is 18.5. The van der Waals surface area contributed by atoms with Gasteiger partial charge in [0.25, 0.3) is 20.2 Å². The summed E-state index contributed by atoms with van der Waals surface area (Å²) < 4.78 is 92.6. The fourth-order valence-corrected chi connectivity index (χ4v) is 8.50. The number of rotatable bonds is 20. The summed E-state index contributed by atoms with van der Waals surface area (Å²) in [5.41, 5.74) is 5.39. The summed E-state index contributed by atoms with van der Waals surface area (Å²) in [5, 5.41) is 6.61. The number of sulfone groups is 1. The number of anilines is 3. The summed E-state index contributed by atoms with van der Waals surface area (Å²) >= 11 is 0. The number of ketones is 1. The molecule has 0 spiro atoms. The molecule has 19 heteroatoms. The predicted octanol–water partition coefficient (Wildman–Crippen LogP) is 4.49. The predicted molar refractivity (Wildman–Crippen MR) is 224 cm³/mol. The molecule has 59 heavy (non-hydrogen) atoms. The highest BCUT2D eigenvalue weighted by Crippen LogP contribution is 2.28. The van der Waals surface area contributed by atoms with E-state index in [0.717, 1.165) is 55.8 Å². The number of hydrogen-bond acceptors (Lipinski definition) is 14. The average Bonchev–Trinajstić information content (AvgIpc) is 3.18. The third-order valence-corrected chi connectivity index (χ3v) is 12.8. The second-order valence-electron chi connectivity index (χ2n) is 13.9. The molecule has 312 valence electrons. The van der Waals surface area contributed by atoms with E-state index >= 15 is 0 Å². The van der Waals surface area contributed by atoms with Crippen molar-refractivity contribution in [3.8, 4) is 0 Å². The zero-order chi connectivity index (χ0) is 43.1. The van der Waals surface area contributed by atoms with E-state index in [2.05, 4.69) is 27.3 Å². The molecule has 5 rings (SSSR count). The van der Waals surface area contributed by atoms with E-state index in [9.17, 15) is 48.7 Å². The lowest BCUT2D eigenvalue weighted by atomic mass is 10.0. The highest BCUT2D eigenvalue weighted by atomic mass is 32.2. The zero-order valence-electron chi connectivity index (χ0n) is 32.0. The van der Waals surface area contributed by atoms with Crippen LogP contribution in [0.5, 0.6) is 0 Å². The molecule has 0 saturated carbocycles. The summed E-state index contributed by atoms with van der Waals surface area (Å²) in [7, 11) is -11.4. The fraction of sp³-hybridized carbons (Fsp3) is 0.275. The molecule has 16 nitrogen and oxygen atoms in total. The van der Waals surface area contributed by atoms with Crippen molar-refractivity contribution in [3.05, 3.63) is 126 Å². The van der Waals surface area contributed by atoms with Gasteiger partial charge in [-0.1, -0.05) is 50.1 Å². The Balaban J connectivity index is 1.25. The van der Waals surface area contributed by atoms with Crippen LogP contribution in [-0.2, 0) is 34.9 Å². The maximum Gasteiger partial charge on any atom is 0.296 e. The van der Waals surface area contributed by atoms with Crippen molar-refractivity contribution in [2.24, 2.45) is 4.99 Å². The number of hydrazine groups is 1. The first-order valence-corrected chi connectivity index (χ1v) is 23.0. The lowest BCUT2D eigenvalue weighted by Crippen LogP contribution is -2.32. The minimum atomic E-state index is -5.12. The second-order valence-corrected chi connectivity index (χ2v) is 18.7. The van der Waals surface area contributed by atoms with E-state index in [4.69, 9.17) is 5.41 Å². The first kappa shape index (κ1) is 44.5. The van der Waals surface area contributed by atoms with Gasteiger partial charge in [-0.15, -0.1) is 0 Å². The molecule has 0 aromatic heterocycles. The summed E-state index contributed by atoms with van der Waals surface area (Å²) in [4.78, 5) is 43.6. The van der Waals surface area contributed by atoms with Crippen LogP contribution in [0, 0.1) is 15.8 Å². The number of benzene rings is 3. The molecule has 2 aliphatic carbocycles. The van der Waals surface area contributed by atoms with Gasteiger partial charge in [-0.05, 0) is 67.8 Å². The molecule has 0 bridgehead atoms. The van der Waals surface area contributed by atoms with Crippen molar-refractivity contribution >= 4 is 69.4 Å². The Morgan fingerprint density at radius 3 is 1.93 bits per heavy atom. The lowest BCUT2D eigenvalue weighted by molar-refractivity contribution is -0.119. The molecule has 0 saturated heterocycles. The van der Waals surface area contributed by atoms with Crippen molar-refractivity contribution < 1.29 is 39.2 Å². The van der Waals surface area contributed by atoms with Crippen LogP contribution in [0.1, 0.15) is 51.4 Å². The Hall–Kier alpha value is -5.60. The molecule has 0 radical (unpaired) electrons. The number of Topliss-reactive ketones (excluding diaryl/α,β-unsaturated/α-hetero) is 1. The van der Waals surface area contributed by atoms with Gasteiger partial charge in [0, 0.05) is 48.3 Å². The highest BCUT2D eigenvalue weighted by Gasteiger charge is 2.21. The largest absolute Gasteiger partial charge is 0.375 e. The normalized spacial score (nSPS) is 12.5. The van der Waals surface area contributed by atoms with Crippen LogP contribution in [-0.4, -0.2) is 59.5 Å². The zero-order valence-corrected chi connectivity index (χ0v) is 34.4. The third kappa shape index (κ3) is 11.1. The molecule has 3 aromatic carbocycles. The van der Waals surface area contributed by atoms with Gasteiger partial charge in [0.2, 0.25) is 0 Å². The van der Waals surface area contributed by atoms with E-state index in [0.29, 0.717) is 24.6 Å². The standard InChI is InChI=1S/C40H43N5O11S3/c1-3-57(49,50)23-11-13-29(46)12-7-5-4-6-10-22-45(2)28-19-16-26(17-20-28)43-44-27-18-21-32(34(24-27)58(51,52)53)42-33-25-35(59(54,55)56)38(41)37-36(33)39(47)30-14-8-9-15-31(30)40(37)48/h3,8-9,14-21,24-25,41,43-44H,1,4-7,10-13,22-23H2,2H3,(H,51,52,53)(H,54,55,56). The first-order valence-electron chi connectivity index (χ1n) is 18.4. The van der Waals surface area contributed by atoms with Crippen LogP contribution in [0.2, 0.25) is 0 Å². The molecule has 0 heterocycles. The minimum absolute atomic E-state index is 0.0499. The van der Waals surface area contributed by atoms with Crippen molar-refractivity contribution in [3.63, 3.8) is 0 Å². The van der Waals surface area contributed by atoms with Gasteiger partial charge in [0.05, 0.1) is 44.0 Å². The van der Waals surface area contributed by atoms with Gasteiger partial charge in [0.1, 0.15) is 15.6 Å². The molecule has 3 aromatic rings. The molecule has 0 atom stereocenters.